The van der Waals surface area contributed by atoms with E-state index in [9.17, 15) is 13.2 Å². The third-order valence-corrected chi connectivity index (χ3v) is 2.88. The minimum absolute atomic E-state index is 0.105. The molecule has 0 unspecified atom stereocenters. The topological polar surface area (TPSA) is 59.0 Å². The standard InChI is InChI=1S/C15H11F3N2O/c1-9-6-12(4-2-10(9)8-19)21-14-5-3-11(7-13(14)20)15(16,17)18/h2-7H,20H2,1H3. The van der Waals surface area contributed by atoms with Gasteiger partial charge >= 0.3 is 6.18 Å². The lowest BCUT2D eigenvalue weighted by Crippen LogP contribution is -2.06. The minimum Gasteiger partial charge on any atom is -0.455 e. The molecule has 0 aromatic heterocycles. The monoisotopic (exact) mass is 292 g/mol. The lowest BCUT2D eigenvalue weighted by Gasteiger charge is -2.12. The summed E-state index contributed by atoms with van der Waals surface area (Å²) in [5.74, 6) is 0.532. The van der Waals surface area contributed by atoms with Gasteiger partial charge in [-0.15, -0.1) is 0 Å². The molecular formula is C15H11F3N2O. The van der Waals surface area contributed by atoms with Gasteiger partial charge in [0.05, 0.1) is 22.9 Å². The number of nitrogens with zero attached hydrogens (tertiary/aromatic N) is 1. The third kappa shape index (κ3) is 3.26. The first kappa shape index (κ1) is 14.7. The van der Waals surface area contributed by atoms with Crippen molar-refractivity contribution in [1.82, 2.24) is 0 Å². The van der Waals surface area contributed by atoms with E-state index in [1.54, 1.807) is 25.1 Å². The molecule has 0 amide bonds. The lowest BCUT2D eigenvalue weighted by atomic mass is 10.1. The average Bonchev–Trinajstić information content (AvgIpc) is 2.40. The average molecular weight is 292 g/mol. The maximum Gasteiger partial charge on any atom is 0.416 e. The van der Waals surface area contributed by atoms with Gasteiger partial charge in [-0.25, -0.2) is 0 Å². The molecule has 2 aromatic carbocycles. The van der Waals surface area contributed by atoms with Gasteiger partial charge in [0.15, 0.2) is 0 Å². The first-order valence-corrected chi connectivity index (χ1v) is 5.96. The Hall–Kier alpha value is -2.68. The van der Waals surface area contributed by atoms with Crippen LogP contribution in [0.2, 0.25) is 0 Å². The Kier molecular flexibility index (Phi) is 3.76. The van der Waals surface area contributed by atoms with Crippen molar-refractivity contribution in [1.29, 1.82) is 5.26 Å². The van der Waals surface area contributed by atoms with E-state index < -0.39 is 11.7 Å². The highest BCUT2D eigenvalue weighted by Gasteiger charge is 2.30. The van der Waals surface area contributed by atoms with E-state index >= 15 is 0 Å². The fourth-order valence-corrected chi connectivity index (χ4v) is 1.77. The van der Waals surface area contributed by atoms with Gasteiger partial charge in [0, 0.05) is 0 Å². The Morgan fingerprint density at radius 3 is 2.38 bits per heavy atom. The molecule has 21 heavy (non-hydrogen) atoms. The van der Waals surface area contributed by atoms with E-state index in [0.29, 0.717) is 16.9 Å². The van der Waals surface area contributed by atoms with E-state index in [1.165, 1.54) is 6.07 Å². The minimum atomic E-state index is -4.45. The summed E-state index contributed by atoms with van der Waals surface area (Å²) in [6.07, 6.45) is -4.45. The molecule has 2 aromatic rings. The first-order chi connectivity index (χ1) is 9.81. The summed E-state index contributed by atoms with van der Waals surface area (Å²) in [6.45, 7) is 1.74. The molecule has 0 atom stereocenters. The van der Waals surface area contributed by atoms with Gasteiger partial charge in [-0.3, -0.25) is 0 Å². The normalized spacial score (nSPS) is 11.0. The smallest absolute Gasteiger partial charge is 0.416 e. The lowest BCUT2D eigenvalue weighted by molar-refractivity contribution is -0.137. The van der Waals surface area contributed by atoms with E-state index in [4.69, 9.17) is 15.7 Å². The van der Waals surface area contributed by atoms with Gasteiger partial charge in [0.1, 0.15) is 11.5 Å². The number of rotatable bonds is 2. The van der Waals surface area contributed by atoms with Gasteiger partial charge in [-0.05, 0) is 48.9 Å². The quantitative estimate of drug-likeness (QED) is 0.841. The van der Waals surface area contributed by atoms with Crippen LogP contribution in [0.5, 0.6) is 11.5 Å². The van der Waals surface area contributed by atoms with Crippen molar-refractivity contribution in [3.63, 3.8) is 0 Å². The fourth-order valence-electron chi connectivity index (χ4n) is 1.77. The zero-order chi connectivity index (χ0) is 15.6. The predicted octanol–water partition coefficient (Wildman–Crippen LogP) is 4.26. The molecule has 0 saturated heterocycles. The van der Waals surface area contributed by atoms with Crippen LogP contribution >= 0.6 is 0 Å². The van der Waals surface area contributed by atoms with Crippen LogP contribution in [0.4, 0.5) is 18.9 Å². The second-order valence-corrected chi connectivity index (χ2v) is 4.44. The maximum absolute atomic E-state index is 12.5. The Morgan fingerprint density at radius 1 is 1.14 bits per heavy atom. The maximum atomic E-state index is 12.5. The largest absolute Gasteiger partial charge is 0.455 e. The third-order valence-electron chi connectivity index (χ3n) is 2.88. The van der Waals surface area contributed by atoms with Gasteiger partial charge in [-0.2, -0.15) is 18.4 Å². The molecule has 0 radical (unpaired) electrons. The summed E-state index contributed by atoms with van der Waals surface area (Å²) >= 11 is 0. The molecule has 0 bridgehead atoms. The van der Waals surface area contributed by atoms with Crippen LogP contribution in [0.25, 0.3) is 0 Å². The van der Waals surface area contributed by atoms with Crippen molar-refractivity contribution in [3.05, 3.63) is 53.1 Å². The van der Waals surface area contributed by atoms with E-state index in [-0.39, 0.29) is 11.4 Å². The number of nitriles is 1. The number of alkyl halides is 3. The molecule has 6 heteroatoms. The van der Waals surface area contributed by atoms with Crippen LogP contribution in [-0.2, 0) is 6.18 Å². The number of hydrogen-bond donors (Lipinski definition) is 1. The molecule has 0 heterocycles. The number of nitrogen functional groups attached to an aromatic ring is 1. The summed E-state index contributed by atoms with van der Waals surface area (Å²) in [5, 5.41) is 8.83. The fraction of sp³-hybridized carbons (Fsp3) is 0.133. The Bertz CT molecular complexity index is 718. The van der Waals surface area contributed by atoms with Crippen LogP contribution in [0, 0.1) is 18.3 Å². The van der Waals surface area contributed by atoms with Crippen LogP contribution < -0.4 is 10.5 Å². The number of benzene rings is 2. The van der Waals surface area contributed by atoms with Gasteiger partial charge in [-0.1, -0.05) is 0 Å². The summed E-state index contributed by atoms with van der Waals surface area (Å²) in [6, 6.07) is 9.67. The number of halogens is 3. The Labute approximate surface area is 119 Å². The van der Waals surface area contributed by atoms with Gasteiger partial charge in [0.2, 0.25) is 0 Å². The first-order valence-electron chi connectivity index (χ1n) is 5.96. The Balaban J connectivity index is 2.28. The highest BCUT2D eigenvalue weighted by atomic mass is 19.4. The van der Waals surface area contributed by atoms with Gasteiger partial charge in [0.25, 0.3) is 0 Å². The van der Waals surface area contributed by atoms with Crippen molar-refractivity contribution >= 4 is 5.69 Å². The molecule has 3 nitrogen and oxygen atoms in total. The molecule has 0 fully saturated rings. The molecule has 0 aliphatic carbocycles. The highest BCUT2D eigenvalue weighted by Crippen LogP contribution is 2.35. The molecule has 2 N–H and O–H groups in total. The van der Waals surface area contributed by atoms with E-state index in [0.717, 1.165) is 12.1 Å². The molecule has 0 saturated carbocycles. The SMILES string of the molecule is Cc1cc(Oc2ccc(C(F)(F)F)cc2N)ccc1C#N. The Morgan fingerprint density at radius 2 is 1.86 bits per heavy atom. The van der Waals surface area contributed by atoms with Gasteiger partial charge < -0.3 is 10.5 Å². The summed E-state index contributed by atoms with van der Waals surface area (Å²) < 4.78 is 43.1. The number of hydrogen-bond acceptors (Lipinski definition) is 3. The summed E-state index contributed by atoms with van der Waals surface area (Å²) in [4.78, 5) is 0. The van der Waals surface area contributed by atoms with Crippen LogP contribution in [0.3, 0.4) is 0 Å². The molecule has 0 aliphatic rings. The van der Waals surface area contributed by atoms with Crippen molar-refractivity contribution in [2.75, 3.05) is 5.73 Å². The van der Waals surface area contributed by atoms with Crippen molar-refractivity contribution in [2.45, 2.75) is 13.1 Å². The molecule has 0 spiro atoms. The second-order valence-electron chi connectivity index (χ2n) is 4.44. The number of ether oxygens (including phenoxy) is 1. The number of nitrogens with two attached hydrogens (primary N) is 1. The molecule has 0 aliphatic heterocycles. The summed E-state index contributed by atoms with van der Waals surface area (Å²) in [7, 11) is 0. The number of aryl methyl sites for hydroxylation is 1. The van der Waals surface area contributed by atoms with Crippen LogP contribution in [-0.4, -0.2) is 0 Å². The van der Waals surface area contributed by atoms with E-state index in [1.807, 2.05) is 6.07 Å². The summed E-state index contributed by atoms with van der Waals surface area (Å²) in [5.41, 5.74) is 5.86. The van der Waals surface area contributed by atoms with Crippen LogP contribution in [0.1, 0.15) is 16.7 Å². The van der Waals surface area contributed by atoms with Crippen molar-refractivity contribution in [3.8, 4) is 17.6 Å². The highest BCUT2D eigenvalue weighted by molar-refractivity contribution is 5.56. The second kappa shape index (κ2) is 5.37. The molecule has 108 valence electrons. The molecular weight excluding hydrogens is 281 g/mol. The van der Waals surface area contributed by atoms with Crippen molar-refractivity contribution < 1.29 is 17.9 Å². The number of anilines is 1. The zero-order valence-corrected chi connectivity index (χ0v) is 11.0. The zero-order valence-electron chi connectivity index (χ0n) is 11.0. The predicted molar refractivity (Wildman–Crippen MR) is 71.8 cm³/mol. The van der Waals surface area contributed by atoms with Crippen molar-refractivity contribution in [2.24, 2.45) is 0 Å². The van der Waals surface area contributed by atoms with Crippen LogP contribution in [0.15, 0.2) is 36.4 Å². The van der Waals surface area contributed by atoms with E-state index in [2.05, 4.69) is 0 Å². The molecule has 2 rings (SSSR count).